The lowest BCUT2D eigenvalue weighted by Gasteiger charge is -2.22. The summed E-state index contributed by atoms with van der Waals surface area (Å²) in [4.78, 5) is 26.1. The Kier molecular flexibility index (Phi) is 5.96. The van der Waals surface area contributed by atoms with Crippen LogP contribution in [0.4, 0.5) is 0 Å². The van der Waals surface area contributed by atoms with E-state index in [0.717, 1.165) is 19.3 Å². The molecule has 2 fully saturated rings. The Morgan fingerprint density at radius 3 is 2.65 bits per heavy atom. The van der Waals surface area contributed by atoms with Crippen LogP contribution in [0.2, 0.25) is 0 Å². The van der Waals surface area contributed by atoms with Gasteiger partial charge in [0.15, 0.2) is 9.84 Å². The van der Waals surface area contributed by atoms with Gasteiger partial charge in [0, 0.05) is 25.6 Å². The highest BCUT2D eigenvalue weighted by Crippen LogP contribution is 2.26. The Hall–Kier alpha value is -1.89. The van der Waals surface area contributed by atoms with Crippen molar-refractivity contribution < 1.29 is 18.0 Å². The minimum atomic E-state index is -3.03. The first-order valence-electron chi connectivity index (χ1n) is 9.26. The molecule has 2 atom stereocenters. The molecule has 2 amide bonds. The van der Waals surface area contributed by atoms with Crippen LogP contribution in [0.25, 0.3) is 0 Å². The molecule has 1 aromatic carbocycles. The third-order valence-corrected chi connectivity index (χ3v) is 6.96. The van der Waals surface area contributed by atoms with Crippen LogP contribution >= 0.6 is 0 Å². The van der Waals surface area contributed by atoms with Crippen molar-refractivity contribution in [2.75, 3.05) is 24.6 Å². The molecule has 7 heteroatoms. The zero-order valence-electron chi connectivity index (χ0n) is 14.9. The molecule has 0 aromatic heterocycles. The highest BCUT2D eigenvalue weighted by molar-refractivity contribution is 7.91. The molecule has 2 aliphatic rings. The topological polar surface area (TPSA) is 83.6 Å². The van der Waals surface area contributed by atoms with Crippen molar-refractivity contribution >= 4 is 21.7 Å². The van der Waals surface area contributed by atoms with Gasteiger partial charge in [-0.3, -0.25) is 9.59 Å². The first-order chi connectivity index (χ1) is 12.4. The maximum Gasteiger partial charge on any atom is 0.225 e. The standard InChI is InChI=1S/C19H26N2O4S/c22-18-12-16(13-21(18)17-9-11-26(24,25)14-17)19(23)20-10-5-4-8-15-6-2-1-3-7-15/h1-3,6-7,16-17H,4-5,8-14H2,(H,20,23). The number of hydrogen-bond donors (Lipinski definition) is 1. The fourth-order valence-electron chi connectivity index (χ4n) is 3.74. The molecular weight excluding hydrogens is 352 g/mol. The number of nitrogens with zero attached hydrogens (tertiary/aromatic N) is 1. The van der Waals surface area contributed by atoms with E-state index in [1.165, 1.54) is 5.56 Å². The zero-order chi connectivity index (χ0) is 18.6. The van der Waals surface area contributed by atoms with E-state index in [4.69, 9.17) is 0 Å². The monoisotopic (exact) mass is 378 g/mol. The van der Waals surface area contributed by atoms with Gasteiger partial charge in [-0.1, -0.05) is 30.3 Å². The summed E-state index contributed by atoms with van der Waals surface area (Å²) >= 11 is 0. The lowest BCUT2D eigenvalue weighted by Crippen LogP contribution is -2.39. The van der Waals surface area contributed by atoms with E-state index in [1.807, 2.05) is 18.2 Å². The van der Waals surface area contributed by atoms with Crippen molar-refractivity contribution in [3.05, 3.63) is 35.9 Å². The second kappa shape index (κ2) is 8.20. The van der Waals surface area contributed by atoms with E-state index in [2.05, 4.69) is 17.4 Å². The number of likely N-dealkylation sites (tertiary alicyclic amines) is 1. The maximum atomic E-state index is 12.3. The van der Waals surface area contributed by atoms with Crippen LogP contribution < -0.4 is 5.32 Å². The summed E-state index contributed by atoms with van der Waals surface area (Å²) in [5.74, 6) is -0.385. The van der Waals surface area contributed by atoms with Crippen molar-refractivity contribution in [2.45, 2.75) is 38.1 Å². The van der Waals surface area contributed by atoms with Gasteiger partial charge in [-0.25, -0.2) is 8.42 Å². The van der Waals surface area contributed by atoms with E-state index in [1.54, 1.807) is 4.90 Å². The van der Waals surface area contributed by atoms with E-state index in [0.29, 0.717) is 19.5 Å². The molecule has 26 heavy (non-hydrogen) atoms. The summed E-state index contributed by atoms with van der Waals surface area (Å²) in [6.45, 7) is 0.947. The quantitative estimate of drug-likeness (QED) is 0.722. The first-order valence-corrected chi connectivity index (χ1v) is 11.1. The average Bonchev–Trinajstić information content (AvgIpc) is 3.17. The lowest BCUT2D eigenvalue weighted by atomic mass is 10.1. The van der Waals surface area contributed by atoms with Gasteiger partial charge >= 0.3 is 0 Å². The molecule has 1 aromatic rings. The van der Waals surface area contributed by atoms with Gasteiger partial charge < -0.3 is 10.2 Å². The molecule has 0 bridgehead atoms. The molecule has 0 aliphatic carbocycles. The predicted molar refractivity (Wildman–Crippen MR) is 99.3 cm³/mol. The zero-order valence-corrected chi connectivity index (χ0v) is 15.7. The fourth-order valence-corrected chi connectivity index (χ4v) is 5.47. The molecule has 0 saturated carbocycles. The van der Waals surface area contributed by atoms with Crippen molar-refractivity contribution in [3.63, 3.8) is 0 Å². The lowest BCUT2D eigenvalue weighted by molar-refractivity contribution is -0.130. The Morgan fingerprint density at radius 2 is 1.96 bits per heavy atom. The van der Waals surface area contributed by atoms with Gasteiger partial charge in [0.1, 0.15) is 0 Å². The summed E-state index contributed by atoms with van der Waals surface area (Å²) in [5.41, 5.74) is 1.29. The van der Waals surface area contributed by atoms with Gasteiger partial charge in [0.25, 0.3) is 0 Å². The minimum Gasteiger partial charge on any atom is -0.356 e. The van der Waals surface area contributed by atoms with Crippen LogP contribution in [0, 0.1) is 5.92 Å². The van der Waals surface area contributed by atoms with Gasteiger partial charge in [0.05, 0.1) is 17.4 Å². The molecule has 1 N–H and O–H groups in total. The number of unbranched alkanes of at least 4 members (excludes halogenated alkanes) is 1. The van der Waals surface area contributed by atoms with Crippen molar-refractivity contribution in [1.29, 1.82) is 0 Å². The molecule has 6 nitrogen and oxygen atoms in total. The Labute approximate surface area is 154 Å². The van der Waals surface area contributed by atoms with Gasteiger partial charge in [-0.2, -0.15) is 0 Å². The summed E-state index contributed by atoms with van der Waals surface area (Å²) < 4.78 is 23.2. The van der Waals surface area contributed by atoms with Crippen molar-refractivity contribution in [2.24, 2.45) is 5.92 Å². The van der Waals surface area contributed by atoms with Crippen molar-refractivity contribution in [3.8, 4) is 0 Å². The Bertz CT molecular complexity index is 748. The highest BCUT2D eigenvalue weighted by atomic mass is 32.2. The third kappa shape index (κ3) is 4.84. The minimum absolute atomic E-state index is 0.0343. The number of carbonyl (C=O) groups is 2. The molecule has 2 heterocycles. The Balaban J connectivity index is 1.38. The SMILES string of the molecule is O=C(NCCCCc1ccccc1)C1CC(=O)N(C2CCS(=O)(=O)C2)C1. The molecule has 2 saturated heterocycles. The number of sulfone groups is 1. The van der Waals surface area contributed by atoms with Crippen molar-refractivity contribution in [1.82, 2.24) is 10.2 Å². The second-order valence-electron chi connectivity index (χ2n) is 7.24. The number of carbonyl (C=O) groups excluding carboxylic acids is 2. The predicted octanol–water partition coefficient (Wildman–Crippen LogP) is 1.16. The molecule has 0 radical (unpaired) electrons. The van der Waals surface area contributed by atoms with Crippen LogP contribution in [0.5, 0.6) is 0 Å². The number of hydrogen-bond acceptors (Lipinski definition) is 4. The van der Waals surface area contributed by atoms with E-state index < -0.39 is 9.84 Å². The van der Waals surface area contributed by atoms with Crippen LogP contribution in [-0.2, 0) is 25.8 Å². The summed E-state index contributed by atoms with van der Waals surface area (Å²) in [6, 6.07) is 9.99. The fraction of sp³-hybridized carbons (Fsp3) is 0.579. The second-order valence-corrected chi connectivity index (χ2v) is 9.47. The molecular formula is C19H26N2O4S. The molecule has 0 spiro atoms. The third-order valence-electron chi connectivity index (χ3n) is 5.21. The number of benzene rings is 1. The van der Waals surface area contributed by atoms with Crippen LogP contribution in [0.1, 0.15) is 31.2 Å². The average molecular weight is 378 g/mol. The maximum absolute atomic E-state index is 12.3. The van der Waals surface area contributed by atoms with Crippen LogP contribution in [0.15, 0.2) is 30.3 Å². The van der Waals surface area contributed by atoms with Gasteiger partial charge in [-0.05, 0) is 31.2 Å². The summed E-state index contributed by atoms with van der Waals surface area (Å²) in [5, 5.41) is 2.92. The normalized spacial score (nSPS) is 24.8. The molecule has 2 unspecified atom stereocenters. The summed E-state index contributed by atoms with van der Waals surface area (Å²) in [6.07, 6.45) is 3.56. The van der Waals surface area contributed by atoms with E-state index in [-0.39, 0.29) is 41.7 Å². The van der Waals surface area contributed by atoms with E-state index in [9.17, 15) is 18.0 Å². The highest BCUT2D eigenvalue weighted by Gasteiger charge is 2.41. The van der Waals surface area contributed by atoms with Gasteiger partial charge in [0.2, 0.25) is 11.8 Å². The number of aryl methyl sites for hydroxylation is 1. The number of nitrogens with one attached hydrogen (secondary N) is 1. The number of amides is 2. The largest absolute Gasteiger partial charge is 0.356 e. The smallest absolute Gasteiger partial charge is 0.225 e. The Morgan fingerprint density at radius 1 is 1.19 bits per heavy atom. The molecule has 2 aliphatic heterocycles. The molecule has 142 valence electrons. The van der Waals surface area contributed by atoms with Crippen LogP contribution in [-0.4, -0.2) is 55.8 Å². The summed E-state index contributed by atoms with van der Waals surface area (Å²) in [7, 11) is -3.03. The molecule has 3 rings (SSSR count). The number of rotatable bonds is 7. The van der Waals surface area contributed by atoms with Gasteiger partial charge in [-0.15, -0.1) is 0 Å². The van der Waals surface area contributed by atoms with Crippen LogP contribution in [0.3, 0.4) is 0 Å². The van der Waals surface area contributed by atoms with E-state index >= 15 is 0 Å². The first kappa shape index (κ1) is 18.9.